The number of rotatable bonds is 5. The maximum absolute atomic E-state index is 13.0. The summed E-state index contributed by atoms with van der Waals surface area (Å²) < 4.78 is 5.59. The number of piperidine rings is 1. The quantitative estimate of drug-likeness (QED) is 0.446. The van der Waals surface area contributed by atoms with Crippen LogP contribution < -0.4 is 0 Å². The zero-order chi connectivity index (χ0) is 20.1. The number of carbonyl (C=O) groups excluding carboxylic acids is 2. The number of nitro benzene ring substituents is 1. The molecule has 0 N–H and O–H groups in total. The first kappa shape index (κ1) is 19.5. The van der Waals surface area contributed by atoms with Crippen LogP contribution in [0.25, 0.3) is 0 Å². The first-order valence-corrected chi connectivity index (χ1v) is 9.27. The molecule has 3 rings (SSSR count). The number of hydrogen-bond acceptors (Lipinski definition) is 5. The van der Waals surface area contributed by atoms with Crippen LogP contribution in [0.3, 0.4) is 0 Å². The highest BCUT2D eigenvalue weighted by Crippen LogP contribution is 2.25. The lowest BCUT2D eigenvalue weighted by Gasteiger charge is -2.30. The van der Waals surface area contributed by atoms with Crippen molar-refractivity contribution in [3.05, 3.63) is 75.3 Å². The Morgan fingerprint density at radius 1 is 1.07 bits per heavy atom. The molecule has 7 nitrogen and oxygen atoms in total. The topological polar surface area (TPSA) is 89.8 Å². The average molecular weight is 382 g/mol. The molecule has 1 saturated heterocycles. The highest BCUT2D eigenvalue weighted by atomic mass is 16.6. The SMILES string of the molecule is Cc1cc(C(=O)O[C@H](C(=O)N2CCCCC2)c2ccccc2)ccc1[N+](=O)[O-]. The minimum Gasteiger partial charge on any atom is -0.444 e. The molecule has 2 aromatic rings. The second-order valence-corrected chi connectivity index (χ2v) is 6.84. The van der Waals surface area contributed by atoms with Crippen LogP contribution in [0.5, 0.6) is 0 Å². The molecule has 1 amide bonds. The van der Waals surface area contributed by atoms with Gasteiger partial charge >= 0.3 is 5.97 Å². The lowest BCUT2D eigenvalue weighted by molar-refractivity contribution is -0.385. The molecule has 1 aliphatic rings. The van der Waals surface area contributed by atoms with Gasteiger partial charge in [0.2, 0.25) is 6.10 Å². The van der Waals surface area contributed by atoms with Crippen molar-refractivity contribution < 1.29 is 19.2 Å². The Bertz CT molecular complexity index is 876. The van der Waals surface area contributed by atoms with E-state index in [-0.39, 0.29) is 17.2 Å². The van der Waals surface area contributed by atoms with Gasteiger partial charge in [-0.05, 0) is 38.3 Å². The Labute approximate surface area is 163 Å². The second-order valence-electron chi connectivity index (χ2n) is 6.84. The fourth-order valence-electron chi connectivity index (χ4n) is 3.33. The normalized spacial score (nSPS) is 15.0. The summed E-state index contributed by atoms with van der Waals surface area (Å²) in [6.45, 7) is 2.86. The van der Waals surface area contributed by atoms with Crippen molar-refractivity contribution >= 4 is 17.6 Å². The molecule has 0 spiro atoms. The minimum absolute atomic E-state index is 0.0689. The summed E-state index contributed by atoms with van der Waals surface area (Å²) in [6.07, 6.45) is 1.91. The highest BCUT2D eigenvalue weighted by Gasteiger charge is 2.30. The van der Waals surface area contributed by atoms with E-state index in [0.717, 1.165) is 19.3 Å². The predicted molar refractivity (Wildman–Crippen MR) is 103 cm³/mol. The number of amides is 1. The first-order valence-electron chi connectivity index (χ1n) is 9.27. The number of benzene rings is 2. The van der Waals surface area contributed by atoms with Gasteiger partial charge in [-0.3, -0.25) is 14.9 Å². The molecule has 0 unspecified atom stereocenters. The molecular weight excluding hydrogens is 360 g/mol. The third kappa shape index (κ3) is 4.36. The van der Waals surface area contributed by atoms with Gasteiger partial charge in [-0.1, -0.05) is 30.3 Å². The number of likely N-dealkylation sites (tertiary alicyclic amines) is 1. The molecular formula is C21H22N2O5. The van der Waals surface area contributed by atoms with Gasteiger partial charge < -0.3 is 9.64 Å². The lowest BCUT2D eigenvalue weighted by atomic mass is 10.1. The summed E-state index contributed by atoms with van der Waals surface area (Å²) in [5.74, 6) is -0.921. The molecule has 7 heteroatoms. The van der Waals surface area contributed by atoms with Crippen molar-refractivity contribution in [3.8, 4) is 0 Å². The summed E-state index contributed by atoms with van der Waals surface area (Å²) in [5.41, 5.74) is 1.07. The molecule has 1 heterocycles. The Morgan fingerprint density at radius 2 is 1.75 bits per heavy atom. The number of carbonyl (C=O) groups is 2. The van der Waals surface area contributed by atoms with Crippen LogP contribution in [-0.2, 0) is 9.53 Å². The van der Waals surface area contributed by atoms with E-state index < -0.39 is 17.0 Å². The third-order valence-corrected chi connectivity index (χ3v) is 4.85. The summed E-state index contributed by atoms with van der Waals surface area (Å²) in [6, 6.07) is 12.9. The Balaban J connectivity index is 1.84. The van der Waals surface area contributed by atoms with Crippen LogP contribution in [-0.4, -0.2) is 34.8 Å². The average Bonchev–Trinajstić information content (AvgIpc) is 2.72. The zero-order valence-corrected chi connectivity index (χ0v) is 15.7. The van der Waals surface area contributed by atoms with E-state index in [2.05, 4.69) is 0 Å². The van der Waals surface area contributed by atoms with Crippen molar-refractivity contribution in [3.63, 3.8) is 0 Å². The molecule has 1 atom stereocenters. The van der Waals surface area contributed by atoms with Crippen molar-refractivity contribution in [2.75, 3.05) is 13.1 Å². The summed E-state index contributed by atoms with van der Waals surface area (Å²) in [7, 11) is 0. The molecule has 2 aromatic carbocycles. The highest BCUT2D eigenvalue weighted by molar-refractivity contribution is 5.93. The molecule has 1 aliphatic heterocycles. The smallest absolute Gasteiger partial charge is 0.339 e. The maximum atomic E-state index is 13.0. The molecule has 28 heavy (non-hydrogen) atoms. The number of esters is 1. The molecule has 1 fully saturated rings. The van der Waals surface area contributed by atoms with Crippen LogP contribution in [0, 0.1) is 17.0 Å². The van der Waals surface area contributed by atoms with Gasteiger partial charge in [-0.15, -0.1) is 0 Å². The Morgan fingerprint density at radius 3 is 2.36 bits per heavy atom. The molecule has 0 aromatic heterocycles. The Kier molecular flexibility index (Phi) is 6.03. The largest absolute Gasteiger partial charge is 0.444 e. The standard InChI is InChI=1S/C21H22N2O5/c1-15-14-17(10-11-18(15)23(26)27)21(25)28-19(16-8-4-2-5-9-16)20(24)22-12-6-3-7-13-22/h2,4-5,8-11,14,19H,3,6-7,12-13H2,1H3/t19-/m0/s1. The van der Waals surface area contributed by atoms with Crippen molar-refractivity contribution in [1.29, 1.82) is 0 Å². The van der Waals surface area contributed by atoms with Gasteiger partial charge in [0.25, 0.3) is 11.6 Å². The fourth-order valence-corrected chi connectivity index (χ4v) is 3.33. The van der Waals surface area contributed by atoms with Crippen LogP contribution in [0.1, 0.15) is 46.9 Å². The van der Waals surface area contributed by atoms with E-state index in [0.29, 0.717) is 24.2 Å². The number of nitrogens with zero attached hydrogens (tertiary/aromatic N) is 2. The Hall–Kier alpha value is -3.22. The molecule has 0 aliphatic carbocycles. The first-order chi connectivity index (χ1) is 13.5. The number of ether oxygens (including phenoxy) is 1. The van der Waals surface area contributed by atoms with Crippen molar-refractivity contribution in [2.24, 2.45) is 0 Å². The maximum Gasteiger partial charge on any atom is 0.339 e. The van der Waals surface area contributed by atoms with Crippen LogP contribution in [0.15, 0.2) is 48.5 Å². The summed E-state index contributed by atoms with van der Waals surface area (Å²) in [4.78, 5) is 37.9. The zero-order valence-electron chi connectivity index (χ0n) is 15.7. The molecule has 146 valence electrons. The van der Waals surface area contributed by atoms with Gasteiger partial charge in [-0.25, -0.2) is 4.79 Å². The molecule has 0 radical (unpaired) electrons. The van der Waals surface area contributed by atoms with Gasteiger partial charge in [-0.2, -0.15) is 0 Å². The number of hydrogen-bond donors (Lipinski definition) is 0. The van der Waals surface area contributed by atoms with Gasteiger partial charge in [0.15, 0.2) is 0 Å². The van der Waals surface area contributed by atoms with E-state index in [1.807, 2.05) is 6.07 Å². The van der Waals surface area contributed by atoms with Crippen LogP contribution in [0.4, 0.5) is 5.69 Å². The second kappa shape index (κ2) is 8.65. The van der Waals surface area contributed by atoms with Crippen LogP contribution >= 0.6 is 0 Å². The monoisotopic (exact) mass is 382 g/mol. The fraction of sp³-hybridized carbons (Fsp3) is 0.333. The number of aryl methyl sites for hydroxylation is 1. The van der Waals surface area contributed by atoms with E-state index in [1.54, 1.807) is 36.1 Å². The van der Waals surface area contributed by atoms with Crippen molar-refractivity contribution in [1.82, 2.24) is 4.90 Å². The van der Waals surface area contributed by atoms with Gasteiger partial charge in [0, 0.05) is 30.3 Å². The molecule has 0 bridgehead atoms. The third-order valence-electron chi connectivity index (χ3n) is 4.85. The summed E-state index contributed by atoms with van der Waals surface area (Å²) in [5, 5.41) is 11.0. The lowest BCUT2D eigenvalue weighted by Crippen LogP contribution is -2.40. The number of nitro groups is 1. The predicted octanol–water partition coefficient (Wildman–Crippen LogP) is 3.81. The van der Waals surface area contributed by atoms with Gasteiger partial charge in [0.1, 0.15) is 0 Å². The minimum atomic E-state index is -1.04. The van der Waals surface area contributed by atoms with Crippen LogP contribution in [0.2, 0.25) is 0 Å². The van der Waals surface area contributed by atoms with Crippen molar-refractivity contribution in [2.45, 2.75) is 32.3 Å². The molecule has 0 saturated carbocycles. The van der Waals surface area contributed by atoms with E-state index in [4.69, 9.17) is 4.74 Å². The van der Waals surface area contributed by atoms with E-state index in [1.165, 1.54) is 18.2 Å². The van der Waals surface area contributed by atoms with E-state index in [9.17, 15) is 19.7 Å². The van der Waals surface area contributed by atoms with Gasteiger partial charge in [0.05, 0.1) is 10.5 Å². The summed E-state index contributed by atoms with van der Waals surface area (Å²) >= 11 is 0. The van der Waals surface area contributed by atoms with E-state index >= 15 is 0 Å².